The van der Waals surface area contributed by atoms with Crippen molar-refractivity contribution in [3.63, 3.8) is 0 Å². The van der Waals surface area contributed by atoms with Gasteiger partial charge in [0.2, 0.25) is 0 Å². The van der Waals surface area contributed by atoms with Crippen LogP contribution in [0.25, 0.3) is 11.3 Å². The van der Waals surface area contributed by atoms with E-state index in [1.807, 2.05) is 48.7 Å². The molecule has 6 heteroatoms. The minimum Gasteiger partial charge on any atom is -0.497 e. The van der Waals surface area contributed by atoms with Crippen LogP contribution in [0.2, 0.25) is 0 Å². The normalized spacial score (nSPS) is 13.8. The lowest BCUT2D eigenvalue weighted by Crippen LogP contribution is -2.38. The number of urea groups is 1. The minimum atomic E-state index is -0.136. The fourth-order valence-corrected chi connectivity index (χ4v) is 3.22. The van der Waals surface area contributed by atoms with Crippen LogP contribution in [0.3, 0.4) is 0 Å². The first-order chi connectivity index (χ1) is 13.7. The molecule has 0 spiro atoms. The van der Waals surface area contributed by atoms with E-state index >= 15 is 0 Å². The first-order valence-electron chi connectivity index (χ1n) is 9.23. The molecule has 2 aromatic carbocycles. The van der Waals surface area contributed by atoms with E-state index in [1.165, 1.54) is 11.1 Å². The third kappa shape index (κ3) is 3.91. The number of aromatic nitrogens is 2. The predicted molar refractivity (Wildman–Crippen MR) is 110 cm³/mol. The first-order valence-corrected chi connectivity index (χ1v) is 9.23. The number of carbonyl (C=O) groups excluding carboxylic acids is 1. The summed E-state index contributed by atoms with van der Waals surface area (Å²) >= 11 is 0. The predicted octanol–water partition coefficient (Wildman–Crippen LogP) is 4.20. The average Bonchev–Trinajstić information content (AvgIpc) is 3.23. The molecule has 0 saturated heterocycles. The zero-order valence-electron chi connectivity index (χ0n) is 15.7. The number of para-hydroxylation sites is 1. The van der Waals surface area contributed by atoms with Crippen molar-refractivity contribution in [3.05, 3.63) is 78.5 Å². The molecule has 1 aliphatic heterocycles. The van der Waals surface area contributed by atoms with Crippen molar-refractivity contribution in [1.82, 2.24) is 14.7 Å². The number of anilines is 1. The molecule has 3 aromatic rings. The van der Waals surface area contributed by atoms with Crippen molar-refractivity contribution < 1.29 is 9.53 Å². The van der Waals surface area contributed by atoms with Crippen molar-refractivity contribution >= 4 is 17.4 Å². The third-order valence-corrected chi connectivity index (χ3v) is 4.80. The summed E-state index contributed by atoms with van der Waals surface area (Å²) in [6.07, 6.45) is 4.76. The fourth-order valence-electron chi connectivity index (χ4n) is 3.22. The van der Waals surface area contributed by atoms with Crippen LogP contribution in [-0.4, -0.2) is 40.9 Å². The van der Waals surface area contributed by atoms with Gasteiger partial charge < -0.3 is 9.64 Å². The van der Waals surface area contributed by atoms with Crippen LogP contribution < -0.4 is 10.1 Å². The van der Waals surface area contributed by atoms with Gasteiger partial charge in [0.15, 0.2) is 5.82 Å². The second-order valence-corrected chi connectivity index (χ2v) is 6.57. The number of nitrogens with one attached hydrogen (secondary N) is 1. The van der Waals surface area contributed by atoms with Gasteiger partial charge in [0, 0.05) is 25.4 Å². The molecule has 0 fully saturated rings. The number of hydrogen-bond donors (Lipinski definition) is 1. The third-order valence-electron chi connectivity index (χ3n) is 4.80. The van der Waals surface area contributed by atoms with Gasteiger partial charge in [-0.25, -0.2) is 9.48 Å². The molecule has 2 amide bonds. The quantitative estimate of drug-likeness (QED) is 0.744. The number of nitrogens with zero attached hydrogens (tertiary/aromatic N) is 3. The monoisotopic (exact) mass is 374 g/mol. The maximum atomic E-state index is 12.6. The van der Waals surface area contributed by atoms with Crippen molar-refractivity contribution in [3.8, 4) is 11.4 Å². The van der Waals surface area contributed by atoms with Crippen LogP contribution in [0.4, 0.5) is 10.6 Å². The number of benzene rings is 2. The summed E-state index contributed by atoms with van der Waals surface area (Å²) in [5, 5.41) is 7.31. The van der Waals surface area contributed by atoms with Gasteiger partial charge in [-0.05, 0) is 41.8 Å². The van der Waals surface area contributed by atoms with Gasteiger partial charge in [0.25, 0.3) is 0 Å². The lowest BCUT2D eigenvalue weighted by molar-refractivity contribution is 0.217. The maximum Gasteiger partial charge on any atom is 0.323 e. The summed E-state index contributed by atoms with van der Waals surface area (Å²) in [5.41, 5.74) is 3.37. The number of hydrogen-bond acceptors (Lipinski definition) is 3. The van der Waals surface area contributed by atoms with E-state index in [0.717, 1.165) is 17.9 Å². The topological polar surface area (TPSA) is 59.4 Å². The molecule has 1 aromatic heterocycles. The van der Waals surface area contributed by atoms with Gasteiger partial charge in [0.05, 0.1) is 12.8 Å². The van der Waals surface area contributed by atoms with Crippen LogP contribution >= 0.6 is 0 Å². The highest BCUT2D eigenvalue weighted by molar-refractivity contribution is 5.89. The standard InChI is InChI=1S/C22H22N4O2/c1-28-20-9-7-17(8-10-20)18-11-14-25(15-12-18)22(27)23-21-13-16-26(24-21)19-5-3-2-4-6-19/h2-11,13,16H,12,14-15H2,1H3,(H,23,24,27). The number of methoxy groups -OCH3 is 1. The lowest BCUT2D eigenvalue weighted by Gasteiger charge is -2.26. The Hall–Kier alpha value is -3.54. The van der Waals surface area contributed by atoms with Gasteiger partial charge >= 0.3 is 6.03 Å². The molecule has 6 nitrogen and oxygen atoms in total. The fraction of sp³-hybridized carbons (Fsp3) is 0.182. The highest BCUT2D eigenvalue weighted by atomic mass is 16.5. The van der Waals surface area contributed by atoms with Gasteiger partial charge in [-0.15, -0.1) is 5.10 Å². The zero-order valence-corrected chi connectivity index (χ0v) is 15.7. The van der Waals surface area contributed by atoms with E-state index < -0.39 is 0 Å². The summed E-state index contributed by atoms with van der Waals surface area (Å²) in [6, 6.07) is 19.5. The molecule has 0 bridgehead atoms. The molecule has 0 aliphatic carbocycles. The van der Waals surface area contributed by atoms with Crippen LogP contribution in [0.5, 0.6) is 5.75 Å². The van der Waals surface area contributed by atoms with E-state index in [4.69, 9.17) is 4.74 Å². The van der Waals surface area contributed by atoms with E-state index in [-0.39, 0.29) is 6.03 Å². The first kappa shape index (κ1) is 17.9. The summed E-state index contributed by atoms with van der Waals surface area (Å²) < 4.78 is 6.95. The Morgan fingerprint density at radius 2 is 1.86 bits per heavy atom. The van der Waals surface area contributed by atoms with Gasteiger partial charge in [0.1, 0.15) is 5.75 Å². The molecule has 28 heavy (non-hydrogen) atoms. The molecule has 2 heterocycles. The van der Waals surface area contributed by atoms with E-state index in [9.17, 15) is 4.79 Å². The Labute approximate surface area is 164 Å². The van der Waals surface area contributed by atoms with Gasteiger partial charge in [-0.2, -0.15) is 0 Å². The van der Waals surface area contributed by atoms with Crippen molar-refractivity contribution in [1.29, 1.82) is 0 Å². The van der Waals surface area contributed by atoms with Gasteiger partial charge in [-0.1, -0.05) is 36.4 Å². The number of carbonyl (C=O) groups is 1. The Bertz CT molecular complexity index is 977. The van der Waals surface area contributed by atoms with E-state index in [1.54, 1.807) is 22.8 Å². The lowest BCUT2D eigenvalue weighted by atomic mass is 9.99. The maximum absolute atomic E-state index is 12.6. The Morgan fingerprint density at radius 1 is 1.07 bits per heavy atom. The minimum absolute atomic E-state index is 0.136. The summed E-state index contributed by atoms with van der Waals surface area (Å²) in [7, 11) is 1.66. The molecule has 4 rings (SSSR count). The van der Waals surface area contributed by atoms with Crippen molar-refractivity contribution in [2.45, 2.75) is 6.42 Å². The molecule has 0 atom stereocenters. The Morgan fingerprint density at radius 3 is 2.54 bits per heavy atom. The molecule has 1 N–H and O–H groups in total. The molecule has 0 radical (unpaired) electrons. The Kier molecular flexibility index (Phi) is 5.10. The second kappa shape index (κ2) is 8.00. The van der Waals surface area contributed by atoms with E-state index in [2.05, 4.69) is 28.6 Å². The zero-order chi connectivity index (χ0) is 19.3. The van der Waals surface area contributed by atoms with Crippen LogP contribution in [-0.2, 0) is 0 Å². The average molecular weight is 374 g/mol. The van der Waals surface area contributed by atoms with Crippen LogP contribution in [0.15, 0.2) is 72.9 Å². The number of amides is 2. The second-order valence-electron chi connectivity index (χ2n) is 6.57. The molecule has 0 unspecified atom stereocenters. The molecule has 142 valence electrons. The molecular weight excluding hydrogens is 352 g/mol. The summed E-state index contributed by atoms with van der Waals surface area (Å²) in [6.45, 7) is 1.25. The van der Waals surface area contributed by atoms with Crippen molar-refractivity contribution in [2.75, 3.05) is 25.5 Å². The SMILES string of the molecule is COc1ccc(C2=CCN(C(=O)Nc3ccn(-c4ccccc4)n3)CC2)cc1. The highest BCUT2D eigenvalue weighted by Crippen LogP contribution is 2.24. The van der Waals surface area contributed by atoms with Crippen LogP contribution in [0, 0.1) is 0 Å². The van der Waals surface area contributed by atoms with Gasteiger partial charge in [-0.3, -0.25) is 5.32 Å². The number of ether oxygens (including phenoxy) is 1. The molecule has 0 saturated carbocycles. The van der Waals surface area contributed by atoms with Crippen LogP contribution in [0.1, 0.15) is 12.0 Å². The largest absolute Gasteiger partial charge is 0.497 e. The van der Waals surface area contributed by atoms with Crippen molar-refractivity contribution in [2.24, 2.45) is 0 Å². The Balaban J connectivity index is 1.37. The number of rotatable bonds is 4. The smallest absolute Gasteiger partial charge is 0.323 e. The summed E-state index contributed by atoms with van der Waals surface area (Å²) in [4.78, 5) is 14.3. The highest BCUT2D eigenvalue weighted by Gasteiger charge is 2.18. The van der Waals surface area contributed by atoms with E-state index in [0.29, 0.717) is 18.9 Å². The summed E-state index contributed by atoms with van der Waals surface area (Å²) in [5.74, 6) is 1.38. The molecular formula is C22H22N4O2. The molecule has 1 aliphatic rings.